The highest BCUT2D eigenvalue weighted by molar-refractivity contribution is 7.12. The second-order valence-electron chi connectivity index (χ2n) is 4.15. The molecule has 1 aromatic heterocycles. The van der Waals surface area contributed by atoms with Crippen LogP contribution in [0.25, 0.3) is 0 Å². The van der Waals surface area contributed by atoms with E-state index >= 15 is 0 Å². The first-order valence-corrected chi connectivity index (χ1v) is 6.51. The van der Waals surface area contributed by atoms with Gasteiger partial charge in [0.15, 0.2) is 0 Å². The second kappa shape index (κ2) is 6.61. The van der Waals surface area contributed by atoms with E-state index in [1.54, 1.807) is 13.2 Å². The predicted molar refractivity (Wildman–Crippen MR) is 68.7 cm³/mol. The number of carbonyl (C=O) groups excluding carboxylic acids is 1. The lowest BCUT2D eigenvalue weighted by molar-refractivity contribution is 0.0918. The third kappa shape index (κ3) is 3.71. The number of aliphatic hydroxyl groups excluding tert-OH is 1. The summed E-state index contributed by atoms with van der Waals surface area (Å²) < 4.78 is 5.11. The van der Waals surface area contributed by atoms with Gasteiger partial charge in [-0.25, -0.2) is 0 Å². The summed E-state index contributed by atoms with van der Waals surface area (Å²) in [5.74, 6) is 0.750. The summed E-state index contributed by atoms with van der Waals surface area (Å²) in [4.78, 5) is 12.6. The van der Waals surface area contributed by atoms with Crippen LogP contribution in [0.1, 0.15) is 29.9 Å². The van der Waals surface area contributed by atoms with Crippen LogP contribution in [0.15, 0.2) is 11.4 Å². The summed E-state index contributed by atoms with van der Waals surface area (Å²) in [6.45, 7) is 4.11. The highest BCUT2D eigenvalue weighted by atomic mass is 32.1. The van der Waals surface area contributed by atoms with E-state index in [9.17, 15) is 4.79 Å². The van der Waals surface area contributed by atoms with Crippen LogP contribution in [-0.2, 0) is 0 Å². The fourth-order valence-corrected chi connectivity index (χ4v) is 2.33. The first-order valence-electron chi connectivity index (χ1n) is 5.63. The quantitative estimate of drug-likeness (QED) is 0.818. The van der Waals surface area contributed by atoms with Crippen molar-refractivity contribution in [3.8, 4) is 5.75 Å². The van der Waals surface area contributed by atoms with E-state index in [4.69, 9.17) is 9.84 Å². The number of amides is 1. The molecule has 17 heavy (non-hydrogen) atoms. The van der Waals surface area contributed by atoms with Crippen molar-refractivity contribution in [2.45, 2.75) is 26.3 Å². The molecule has 0 saturated heterocycles. The van der Waals surface area contributed by atoms with Crippen molar-refractivity contribution in [1.29, 1.82) is 0 Å². The maximum atomic E-state index is 12.0. The van der Waals surface area contributed by atoms with E-state index in [0.29, 0.717) is 17.0 Å². The minimum Gasteiger partial charge on any atom is -0.495 e. The molecule has 0 aliphatic rings. The molecule has 2 N–H and O–H groups in total. The van der Waals surface area contributed by atoms with Gasteiger partial charge in [0.2, 0.25) is 0 Å². The molecule has 1 amide bonds. The number of rotatable bonds is 6. The van der Waals surface area contributed by atoms with Crippen molar-refractivity contribution in [2.24, 2.45) is 5.92 Å². The zero-order valence-electron chi connectivity index (χ0n) is 10.4. The van der Waals surface area contributed by atoms with Gasteiger partial charge in [0.25, 0.3) is 5.91 Å². The molecule has 1 rings (SSSR count). The Labute approximate surface area is 106 Å². The van der Waals surface area contributed by atoms with Gasteiger partial charge in [-0.15, -0.1) is 11.3 Å². The molecule has 0 radical (unpaired) electrons. The van der Waals surface area contributed by atoms with Gasteiger partial charge in [-0.1, -0.05) is 13.8 Å². The second-order valence-corrected chi connectivity index (χ2v) is 5.07. The van der Waals surface area contributed by atoms with Crippen molar-refractivity contribution in [1.82, 2.24) is 5.32 Å². The van der Waals surface area contributed by atoms with Gasteiger partial charge in [-0.05, 0) is 23.8 Å². The van der Waals surface area contributed by atoms with Gasteiger partial charge < -0.3 is 15.2 Å². The molecular weight excluding hydrogens is 238 g/mol. The molecule has 0 aromatic carbocycles. The summed E-state index contributed by atoms with van der Waals surface area (Å²) in [7, 11) is 1.55. The highest BCUT2D eigenvalue weighted by Crippen LogP contribution is 2.24. The van der Waals surface area contributed by atoms with Crippen LogP contribution in [0.2, 0.25) is 0 Å². The number of nitrogens with one attached hydrogen (secondary N) is 1. The van der Waals surface area contributed by atoms with Gasteiger partial charge in [0, 0.05) is 12.6 Å². The number of hydrogen-bond donors (Lipinski definition) is 2. The van der Waals surface area contributed by atoms with E-state index < -0.39 is 0 Å². The largest absolute Gasteiger partial charge is 0.495 e. The third-order valence-corrected chi connectivity index (χ3v) is 3.51. The maximum absolute atomic E-state index is 12.0. The minimum atomic E-state index is -0.135. The lowest BCUT2D eigenvalue weighted by Gasteiger charge is -2.21. The van der Waals surface area contributed by atoms with E-state index in [2.05, 4.69) is 5.32 Å². The average molecular weight is 257 g/mol. The lowest BCUT2D eigenvalue weighted by atomic mass is 10.0. The molecule has 0 aliphatic carbocycles. The molecular formula is C12H19NO3S. The SMILES string of the molecule is COc1ccsc1C(=O)NC(CCO)C(C)C. The third-order valence-electron chi connectivity index (χ3n) is 2.62. The number of ether oxygens (including phenoxy) is 1. The number of aliphatic hydroxyl groups is 1. The molecule has 0 spiro atoms. The molecule has 5 heteroatoms. The van der Waals surface area contributed by atoms with E-state index in [-0.39, 0.29) is 24.5 Å². The Balaban J connectivity index is 2.70. The zero-order chi connectivity index (χ0) is 12.8. The Morgan fingerprint density at radius 3 is 2.82 bits per heavy atom. The summed E-state index contributed by atoms with van der Waals surface area (Å²) >= 11 is 1.35. The first kappa shape index (κ1) is 14.0. The van der Waals surface area contributed by atoms with Crippen LogP contribution < -0.4 is 10.1 Å². The van der Waals surface area contributed by atoms with Crippen molar-refractivity contribution < 1.29 is 14.6 Å². The van der Waals surface area contributed by atoms with E-state index in [1.807, 2.05) is 19.2 Å². The standard InChI is InChI=1S/C12H19NO3S/c1-8(2)9(4-6-14)13-12(15)11-10(16-3)5-7-17-11/h5,7-9,14H,4,6H2,1-3H3,(H,13,15). The van der Waals surface area contributed by atoms with E-state index in [1.165, 1.54) is 11.3 Å². The normalized spacial score (nSPS) is 12.5. The Bertz CT molecular complexity index is 362. The topological polar surface area (TPSA) is 58.6 Å². The maximum Gasteiger partial charge on any atom is 0.265 e. The summed E-state index contributed by atoms with van der Waals surface area (Å²) in [5, 5.41) is 13.7. The highest BCUT2D eigenvalue weighted by Gasteiger charge is 2.19. The van der Waals surface area contributed by atoms with Gasteiger partial charge in [0.05, 0.1) is 7.11 Å². The monoisotopic (exact) mass is 257 g/mol. The number of hydrogen-bond acceptors (Lipinski definition) is 4. The molecule has 1 heterocycles. The summed E-state index contributed by atoms with van der Waals surface area (Å²) in [5.41, 5.74) is 0. The molecule has 1 aromatic rings. The van der Waals surface area contributed by atoms with Crippen LogP contribution in [0.4, 0.5) is 0 Å². The van der Waals surface area contributed by atoms with Crippen molar-refractivity contribution in [3.63, 3.8) is 0 Å². The molecule has 96 valence electrons. The van der Waals surface area contributed by atoms with Crippen LogP contribution in [0.3, 0.4) is 0 Å². The van der Waals surface area contributed by atoms with E-state index in [0.717, 1.165) is 0 Å². The lowest BCUT2D eigenvalue weighted by Crippen LogP contribution is -2.39. The molecule has 4 nitrogen and oxygen atoms in total. The summed E-state index contributed by atoms with van der Waals surface area (Å²) in [6, 6.07) is 1.76. The fourth-order valence-electron chi connectivity index (χ4n) is 1.57. The Morgan fingerprint density at radius 2 is 2.29 bits per heavy atom. The smallest absolute Gasteiger partial charge is 0.265 e. The van der Waals surface area contributed by atoms with Crippen LogP contribution >= 0.6 is 11.3 Å². The number of thiophene rings is 1. The molecule has 0 fully saturated rings. The molecule has 0 saturated carbocycles. The van der Waals surface area contributed by atoms with Crippen LogP contribution in [0.5, 0.6) is 5.75 Å². The Kier molecular flexibility index (Phi) is 5.44. The molecule has 1 atom stereocenters. The zero-order valence-corrected chi connectivity index (χ0v) is 11.2. The van der Waals surface area contributed by atoms with Crippen LogP contribution in [0, 0.1) is 5.92 Å². The molecule has 0 aliphatic heterocycles. The van der Waals surface area contributed by atoms with Crippen molar-refractivity contribution in [3.05, 3.63) is 16.3 Å². The molecule has 1 unspecified atom stereocenters. The first-order chi connectivity index (χ1) is 8.10. The average Bonchev–Trinajstić information content (AvgIpc) is 2.76. The van der Waals surface area contributed by atoms with Gasteiger partial charge >= 0.3 is 0 Å². The van der Waals surface area contributed by atoms with Crippen molar-refractivity contribution in [2.75, 3.05) is 13.7 Å². The Morgan fingerprint density at radius 1 is 1.59 bits per heavy atom. The molecule has 0 bridgehead atoms. The van der Waals surface area contributed by atoms with Gasteiger partial charge in [-0.2, -0.15) is 0 Å². The summed E-state index contributed by atoms with van der Waals surface area (Å²) in [6.07, 6.45) is 0.567. The number of carbonyl (C=O) groups is 1. The van der Waals surface area contributed by atoms with Crippen LogP contribution in [-0.4, -0.2) is 30.8 Å². The fraction of sp³-hybridized carbons (Fsp3) is 0.583. The van der Waals surface area contributed by atoms with Gasteiger partial charge in [0.1, 0.15) is 10.6 Å². The number of methoxy groups -OCH3 is 1. The Hall–Kier alpha value is -1.07. The minimum absolute atomic E-state index is 0.0145. The predicted octanol–water partition coefficient (Wildman–Crippen LogP) is 1.89. The van der Waals surface area contributed by atoms with Crippen molar-refractivity contribution >= 4 is 17.2 Å². The van der Waals surface area contributed by atoms with Gasteiger partial charge in [-0.3, -0.25) is 4.79 Å².